The number of carbonyl (C=O) groups is 1. The SMILES string of the molecule is CC(=O)[C@H](CCCN=C(N)N)N(C)C(C)C. The zero-order chi connectivity index (χ0) is 12.7. The highest BCUT2D eigenvalue weighted by Gasteiger charge is 2.20. The van der Waals surface area contributed by atoms with E-state index in [1.165, 1.54) is 0 Å². The van der Waals surface area contributed by atoms with E-state index in [0.717, 1.165) is 12.8 Å². The van der Waals surface area contributed by atoms with Crippen LogP contribution in [-0.2, 0) is 4.79 Å². The highest BCUT2D eigenvalue weighted by Crippen LogP contribution is 2.10. The van der Waals surface area contributed by atoms with Crippen molar-refractivity contribution in [2.24, 2.45) is 16.5 Å². The second kappa shape index (κ2) is 7.22. The normalized spacial score (nSPS) is 12.9. The number of hydrogen-bond donors (Lipinski definition) is 2. The van der Waals surface area contributed by atoms with Crippen molar-refractivity contribution in [1.29, 1.82) is 0 Å². The largest absolute Gasteiger partial charge is 0.370 e. The average molecular weight is 228 g/mol. The Hall–Kier alpha value is -1.10. The molecule has 0 radical (unpaired) electrons. The molecule has 0 aromatic carbocycles. The molecule has 0 rings (SSSR count). The van der Waals surface area contributed by atoms with Crippen molar-refractivity contribution in [3.63, 3.8) is 0 Å². The van der Waals surface area contributed by atoms with Gasteiger partial charge in [-0.3, -0.25) is 14.7 Å². The molecule has 0 aromatic rings. The van der Waals surface area contributed by atoms with Crippen LogP contribution in [0, 0.1) is 0 Å². The molecule has 4 N–H and O–H groups in total. The van der Waals surface area contributed by atoms with E-state index in [0.29, 0.717) is 12.6 Å². The molecule has 5 heteroatoms. The second-order valence-corrected chi connectivity index (χ2v) is 4.33. The summed E-state index contributed by atoms with van der Waals surface area (Å²) < 4.78 is 0. The Balaban J connectivity index is 4.15. The van der Waals surface area contributed by atoms with Gasteiger partial charge in [-0.1, -0.05) is 0 Å². The zero-order valence-electron chi connectivity index (χ0n) is 10.7. The monoisotopic (exact) mass is 228 g/mol. The van der Waals surface area contributed by atoms with Crippen LogP contribution in [0.4, 0.5) is 0 Å². The number of Topliss-reactive ketones (excluding diaryl/α,β-unsaturated/α-hetero) is 1. The average Bonchev–Trinajstić information content (AvgIpc) is 2.15. The molecule has 0 saturated heterocycles. The predicted molar refractivity (Wildman–Crippen MR) is 67.3 cm³/mol. The first kappa shape index (κ1) is 14.9. The van der Waals surface area contributed by atoms with Crippen LogP contribution in [-0.4, -0.2) is 42.3 Å². The molecular formula is C11H24N4O. The summed E-state index contributed by atoms with van der Waals surface area (Å²) in [5.74, 6) is 0.303. The number of nitrogens with two attached hydrogens (primary N) is 2. The van der Waals surface area contributed by atoms with Crippen molar-refractivity contribution in [3.8, 4) is 0 Å². The Morgan fingerprint density at radius 2 is 1.94 bits per heavy atom. The van der Waals surface area contributed by atoms with E-state index in [1.54, 1.807) is 6.92 Å². The van der Waals surface area contributed by atoms with Crippen molar-refractivity contribution in [3.05, 3.63) is 0 Å². The highest BCUT2D eigenvalue weighted by atomic mass is 16.1. The van der Waals surface area contributed by atoms with Crippen LogP contribution in [0.3, 0.4) is 0 Å². The van der Waals surface area contributed by atoms with E-state index >= 15 is 0 Å². The third-order valence-electron chi connectivity index (χ3n) is 2.71. The molecular weight excluding hydrogens is 204 g/mol. The van der Waals surface area contributed by atoms with Crippen LogP contribution in [0.1, 0.15) is 33.6 Å². The maximum Gasteiger partial charge on any atom is 0.185 e. The van der Waals surface area contributed by atoms with Gasteiger partial charge < -0.3 is 11.5 Å². The summed E-state index contributed by atoms with van der Waals surface area (Å²) in [4.78, 5) is 17.5. The van der Waals surface area contributed by atoms with Gasteiger partial charge >= 0.3 is 0 Å². The van der Waals surface area contributed by atoms with E-state index < -0.39 is 0 Å². The minimum atomic E-state index is -0.0331. The van der Waals surface area contributed by atoms with Gasteiger partial charge in [-0.05, 0) is 40.7 Å². The molecule has 0 amide bonds. The van der Waals surface area contributed by atoms with E-state index in [1.807, 2.05) is 7.05 Å². The van der Waals surface area contributed by atoms with Crippen LogP contribution in [0.2, 0.25) is 0 Å². The number of carbonyl (C=O) groups excluding carboxylic acids is 1. The van der Waals surface area contributed by atoms with Gasteiger partial charge in [0.1, 0.15) is 5.78 Å². The third-order valence-corrected chi connectivity index (χ3v) is 2.71. The Labute approximate surface area is 97.9 Å². The van der Waals surface area contributed by atoms with E-state index in [4.69, 9.17) is 11.5 Å². The van der Waals surface area contributed by atoms with E-state index in [9.17, 15) is 4.79 Å². The summed E-state index contributed by atoms with van der Waals surface area (Å²) in [5.41, 5.74) is 10.5. The molecule has 0 heterocycles. The Morgan fingerprint density at radius 3 is 2.31 bits per heavy atom. The van der Waals surface area contributed by atoms with Gasteiger partial charge in [0.15, 0.2) is 5.96 Å². The first-order valence-electron chi connectivity index (χ1n) is 5.64. The fraction of sp³-hybridized carbons (Fsp3) is 0.818. The van der Waals surface area contributed by atoms with Gasteiger partial charge in [0.05, 0.1) is 6.04 Å². The summed E-state index contributed by atoms with van der Waals surface area (Å²) in [6.45, 7) is 6.36. The molecule has 0 spiro atoms. The number of aliphatic imine (C=N–C) groups is 1. The number of rotatable bonds is 7. The molecule has 0 aliphatic carbocycles. The van der Waals surface area contributed by atoms with Crippen LogP contribution in [0.5, 0.6) is 0 Å². The Bertz CT molecular complexity index is 246. The quantitative estimate of drug-likeness (QED) is 0.374. The minimum absolute atomic E-state index is 0.0331. The smallest absolute Gasteiger partial charge is 0.185 e. The predicted octanol–water partition coefficient (Wildman–Crippen LogP) is 0.338. The summed E-state index contributed by atoms with van der Waals surface area (Å²) in [6, 6.07) is 0.325. The fourth-order valence-electron chi connectivity index (χ4n) is 1.55. The van der Waals surface area contributed by atoms with Crippen LogP contribution in [0.25, 0.3) is 0 Å². The number of ketones is 1. The maximum absolute atomic E-state index is 11.5. The first-order chi connectivity index (χ1) is 7.36. The molecule has 0 bridgehead atoms. The molecule has 0 unspecified atom stereocenters. The molecule has 94 valence electrons. The van der Waals surface area contributed by atoms with Gasteiger partial charge in [0.25, 0.3) is 0 Å². The lowest BCUT2D eigenvalue weighted by molar-refractivity contribution is -0.122. The Kier molecular flexibility index (Phi) is 6.72. The molecule has 1 atom stereocenters. The summed E-state index contributed by atoms with van der Waals surface area (Å²) in [7, 11) is 1.97. The zero-order valence-corrected chi connectivity index (χ0v) is 10.7. The van der Waals surface area contributed by atoms with Gasteiger partial charge in [-0.15, -0.1) is 0 Å². The summed E-state index contributed by atoms with van der Waals surface area (Å²) in [5, 5.41) is 0. The van der Waals surface area contributed by atoms with Crippen molar-refractivity contribution < 1.29 is 4.79 Å². The van der Waals surface area contributed by atoms with Crippen molar-refractivity contribution >= 4 is 11.7 Å². The van der Waals surface area contributed by atoms with E-state index in [2.05, 4.69) is 23.7 Å². The van der Waals surface area contributed by atoms with Crippen molar-refractivity contribution in [2.45, 2.75) is 45.7 Å². The third kappa shape index (κ3) is 5.70. The molecule has 0 saturated carbocycles. The number of nitrogens with zero attached hydrogens (tertiary/aromatic N) is 2. The van der Waals surface area contributed by atoms with E-state index in [-0.39, 0.29) is 17.8 Å². The first-order valence-corrected chi connectivity index (χ1v) is 5.64. The van der Waals surface area contributed by atoms with Crippen LogP contribution >= 0.6 is 0 Å². The number of likely N-dealkylation sites (N-methyl/N-ethyl adjacent to an activating group) is 1. The maximum atomic E-state index is 11.5. The molecule has 0 aliphatic rings. The lowest BCUT2D eigenvalue weighted by Crippen LogP contribution is -2.41. The summed E-state index contributed by atoms with van der Waals surface area (Å²) >= 11 is 0. The lowest BCUT2D eigenvalue weighted by Gasteiger charge is -2.29. The Morgan fingerprint density at radius 1 is 1.38 bits per heavy atom. The van der Waals surface area contributed by atoms with Crippen molar-refractivity contribution in [2.75, 3.05) is 13.6 Å². The lowest BCUT2D eigenvalue weighted by atomic mass is 10.1. The minimum Gasteiger partial charge on any atom is -0.370 e. The van der Waals surface area contributed by atoms with Gasteiger partial charge in [0, 0.05) is 12.6 Å². The standard InChI is InChI=1S/C11H24N4O/c1-8(2)15(4)10(9(3)16)6-5-7-14-11(12)13/h8,10H,5-7H2,1-4H3,(H4,12,13,14)/t10-/m0/s1. The fourth-order valence-corrected chi connectivity index (χ4v) is 1.55. The van der Waals surface area contributed by atoms with Crippen LogP contribution in [0.15, 0.2) is 4.99 Å². The second-order valence-electron chi connectivity index (χ2n) is 4.33. The van der Waals surface area contributed by atoms with Gasteiger partial charge in [-0.2, -0.15) is 0 Å². The number of guanidine groups is 1. The topological polar surface area (TPSA) is 84.7 Å². The summed E-state index contributed by atoms with van der Waals surface area (Å²) in [6.07, 6.45) is 1.61. The highest BCUT2D eigenvalue weighted by molar-refractivity contribution is 5.81. The van der Waals surface area contributed by atoms with Crippen molar-refractivity contribution in [1.82, 2.24) is 4.90 Å². The molecule has 0 aliphatic heterocycles. The molecule has 5 nitrogen and oxygen atoms in total. The molecule has 0 aromatic heterocycles. The molecule has 16 heavy (non-hydrogen) atoms. The van der Waals surface area contributed by atoms with Gasteiger partial charge in [-0.25, -0.2) is 0 Å². The van der Waals surface area contributed by atoms with Crippen LogP contribution < -0.4 is 11.5 Å². The number of hydrogen-bond acceptors (Lipinski definition) is 3. The van der Waals surface area contributed by atoms with Gasteiger partial charge in [0.2, 0.25) is 0 Å². The molecule has 0 fully saturated rings.